The van der Waals surface area contributed by atoms with Gasteiger partial charge in [-0.15, -0.1) is 0 Å². The molecule has 0 saturated heterocycles. The summed E-state index contributed by atoms with van der Waals surface area (Å²) in [7, 11) is 0. The maximum absolute atomic E-state index is 9.74. The molecule has 0 aromatic heterocycles. The Hall–Kier alpha value is -0.380. The summed E-state index contributed by atoms with van der Waals surface area (Å²) in [6.45, 7) is 2.80. The molecule has 2 N–H and O–H groups in total. The number of aliphatic hydroxyl groups is 2. The van der Waals surface area contributed by atoms with Crippen molar-refractivity contribution in [1.82, 2.24) is 0 Å². The van der Waals surface area contributed by atoms with Gasteiger partial charge >= 0.3 is 0 Å². The molecule has 94 valence electrons. The molecule has 0 amide bonds. The summed E-state index contributed by atoms with van der Waals surface area (Å²) in [4.78, 5) is 0. The van der Waals surface area contributed by atoms with Crippen LogP contribution < -0.4 is 0 Å². The maximum Gasteiger partial charge on any atom is 0.177 e. The Bertz CT molecular complexity index is 213. The molecule has 2 unspecified atom stereocenters. The molecule has 0 radical (unpaired) electrons. The van der Waals surface area contributed by atoms with E-state index in [0.717, 1.165) is 24.8 Å². The first-order valence-electron chi connectivity index (χ1n) is 6.40. The minimum absolute atomic E-state index is 0.236. The van der Waals surface area contributed by atoms with E-state index in [-0.39, 0.29) is 6.10 Å². The Morgan fingerprint density at radius 3 is 2.88 bits per heavy atom. The summed E-state index contributed by atoms with van der Waals surface area (Å²) >= 11 is 0. The molecule has 0 aromatic carbocycles. The van der Waals surface area contributed by atoms with Crippen molar-refractivity contribution in [3.63, 3.8) is 0 Å². The molecule has 1 rings (SSSR count). The lowest BCUT2D eigenvalue weighted by atomic mass is 9.97. The molecule has 3 heteroatoms. The first kappa shape index (κ1) is 13.7. The van der Waals surface area contributed by atoms with Crippen LogP contribution in [0.4, 0.5) is 0 Å². The minimum atomic E-state index is -0.755. The molecule has 0 saturated carbocycles. The average molecular weight is 228 g/mol. The van der Waals surface area contributed by atoms with Gasteiger partial charge in [0, 0.05) is 0 Å². The van der Waals surface area contributed by atoms with Crippen molar-refractivity contribution >= 4 is 0 Å². The Kier molecular flexibility index (Phi) is 6.69. The number of unbranched alkanes of at least 4 members (excludes halogenated alkanes) is 3. The Morgan fingerprint density at radius 1 is 1.44 bits per heavy atom. The van der Waals surface area contributed by atoms with Crippen LogP contribution >= 0.6 is 0 Å². The van der Waals surface area contributed by atoms with E-state index in [4.69, 9.17) is 4.74 Å². The van der Waals surface area contributed by atoms with Crippen LogP contribution in [0, 0.1) is 0 Å². The zero-order valence-corrected chi connectivity index (χ0v) is 10.2. The van der Waals surface area contributed by atoms with E-state index >= 15 is 0 Å². The maximum atomic E-state index is 9.74. The van der Waals surface area contributed by atoms with Crippen LogP contribution in [0.25, 0.3) is 0 Å². The van der Waals surface area contributed by atoms with Crippen molar-refractivity contribution < 1.29 is 14.9 Å². The van der Waals surface area contributed by atoms with Crippen LogP contribution in [0.5, 0.6) is 0 Å². The Morgan fingerprint density at radius 2 is 2.25 bits per heavy atom. The van der Waals surface area contributed by atoms with Gasteiger partial charge in [0.2, 0.25) is 0 Å². The van der Waals surface area contributed by atoms with Gasteiger partial charge in [-0.05, 0) is 31.3 Å². The molecule has 0 heterocycles. The molecule has 2 atom stereocenters. The Balaban J connectivity index is 2.12. The summed E-state index contributed by atoms with van der Waals surface area (Å²) in [6, 6.07) is 0. The molecule has 1 aliphatic carbocycles. The number of aliphatic hydroxyl groups excluding tert-OH is 2. The fraction of sp³-hybridized carbons (Fsp3) is 0.846. The number of rotatable bonds is 7. The van der Waals surface area contributed by atoms with Gasteiger partial charge in [0.25, 0.3) is 0 Å². The van der Waals surface area contributed by atoms with E-state index in [1.165, 1.54) is 19.3 Å². The lowest BCUT2D eigenvalue weighted by molar-refractivity contribution is -0.0768. The molecule has 0 aromatic rings. The first-order chi connectivity index (χ1) is 7.74. The van der Waals surface area contributed by atoms with Crippen LogP contribution in [0.3, 0.4) is 0 Å². The molecule has 3 nitrogen and oxygen atoms in total. The van der Waals surface area contributed by atoms with E-state index in [1.54, 1.807) is 0 Å². The van der Waals surface area contributed by atoms with E-state index in [2.05, 4.69) is 6.92 Å². The number of hydrogen-bond acceptors (Lipinski definition) is 3. The summed E-state index contributed by atoms with van der Waals surface area (Å²) in [6.07, 6.45) is 7.67. The Labute approximate surface area is 98.1 Å². The standard InChI is InChI=1S/C13H24O3/c1-2-3-4-5-10-16-13(15)11-6-8-12(14)9-7-11/h6,12-15H,2-5,7-10H2,1H3. The summed E-state index contributed by atoms with van der Waals surface area (Å²) < 4.78 is 5.37. The normalized spacial score (nSPS) is 22.9. The van der Waals surface area contributed by atoms with Crippen molar-refractivity contribution in [3.8, 4) is 0 Å². The number of ether oxygens (including phenoxy) is 1. The van der Waals surface area contributed by atoms with Gasteiger partial charge in [-0.25, -0.2) is 0 Å². The average Bonchev–Trinajstić information content (AvgIpc) is 2.29. The van der Waals surface area contributed by atoms with Crippen molar-refractivity contribution in [1.29, 1.82) is 0 Å². The third-order valence-electron chi connectivity index (χ3n) is 3.01. The predicted molar refractivity (Wildman–Crippen MR) is 64.0 cm³/mol. The van der Waals surface area contributed by atoms with Gasteiger partial charge < -0.3 is 14.9 Å². The van der Waals surface area contributed by atoms with Crippen molar-refractivity contribution in [2.24, 2.45) is 0 Å². The second kappa shape index (κ2) is 7.82. The van der Waals surface area contributed by atoms with E-state index in [1.807, 2.05) is 6.08 Å². The SMILES string of the molecule is CCCCCCOC(O)C1=CCC(O)CC1. The molecular formula is C13H24O3. The van der Waals surface area contributed by atoms with E-state index in [0.29, 0.717) is 13.0 Å². The second-order valence-corrected chi connectivity index (χ2v) is 4.49. The highest BCUT2D eigenvalue weighted by Crippen LogP contribution is 2.21. The monoisotopic (exact) mass is 228 g/mol. The fourth-order valence-electron chi connectivity index (χ4n) is 1.90. The van der Waals surface area contributed by atoms with Crippen LogP contribution in [0.15, 0.2) is 11.6 Å². The largest absolute Gasteiger partial charge is 0.393 e. The van der Waals surface area contributed by atoms with Gasteiger partial charge in [0.1, 0.15) is 0 Å². The van der Waals surface area contributed by atoms with Crippen molar-refractivity contribution in [2.75, 3.05) is 6.61 Å². The highest BCUT2D eigenvalue weighted by molar-refractivity contribution is 5.09. The van der Waals surface area contributed by atoms with Crippen LogP contribution in [0.1, 0.15) is 51.9 Å². The fourth-order valence-corrected chi connectivity index (χ4v) is 1.90. The molecule has 0 fully saturated rings. The smallest absolute Gasteiger partial charge is 0.177 e. The molecule has 1 aliphatic rings. The third-order valence-corrected chi connectivity index (χ3v) is 3.01. The predicted octanol–water partition coefficient (Wildman–Crippen LogP) is 2.37. The van der Waals surface area contributed by atoms with Gasteiger partial charge in [0.05, 0.1) is 12.7 Å². The van der Waals surface area contributed by atoms with Gasteiger partial charge in [-0.3, -0.25) is 0 Å². The third kappa shape index (κ3) is 5.10. The molecule has 0 spiro atoms. The molecular weight excluding hydrogens is 204 g/mol. The van der Waals surface area contributed by atoms with Crippen molar-refractivity contribution in [3.05, 3.63) is 11.6 Å². The van der Waals surface area contributed by atoms with Crippen LogP contribution in [-0.4, -0.2) is 29.2 Å². The lowest BCUT2D eigenvalue weighted by Crippen LogP contribution is -2.21. The van der Waals surface area contributed by atoms with Gasteiger partial charge in [0.15, 0.2) is 6.29 Å². The quantitative estimate of drug-likeness (QED) is 0.399. The first-order valence-corrected chi connectivity index (χ1v) is 6.40. The van der Waals surface area contributed by atoms with E-state index in [9.17, 15) is 10.2 Å². The molecule has 0 aliphatic heterocycles. The topological polar surface area (TPSA) is 49.7 Å². The van der Waals surface area contributed by atoms with E-state index < -0.39 is 6.29 Å². The van der Waals surface area contributed by atoms with Gasteiger partial charge in [-0.2, -0.15) is 0 Å². The zero-order valence-electron chi connectivity index (χ0n) is 10.2. The zero-order chi connectivity index (χ0) is 11.8. The number of hydrogen-bond donors (Lipinski definition) is 2. The lowest BCUT2D eigenvalue weighted by Gasteiger charge is -2.21. The summed E-state index contributed by atoms with van der Waals surface area (Å²) in [5, 5.41) is 19.1. The molecule has 16 heavy (non-hydrogen) atoms. The van der Waals surface area contributed by atoms with Crippen LogP contribution in [-0.2, 0) is 4.74 Å². The highest BCUT2D eigenvalue weighted by atomic mass is 16.6. The van der Waals surface area contributed by atoms with Crippen LogP contribution in [0.2, 0.25) is 0 Å². The summed E-state index contributed by atoms with van der Waals surface area (Å²) in [5.41, 5.74) is 0.931. The highest BCUT2D eigenvalue weighted by Gasteiger charge is 2.17. The second-order valence-electron chi connectivity index (χ2n) is 4.49. The molecule has 0 bridgehead atoms. The summed E-state index contributed by atoms with van der Waals surface area (Å²) in [5.74, 6) is 0. The minimum Gasteiger partial charge on any atom is -0.393 e. The van der Waals surface area contributed by atoms with Crippen molar-refractivity contribution in [2.45, 2.75) is 64.3 Å². The van der Waals surface area contributed by atoms with Gasteiger partial charge in [-0.1, -0.05) is 32.3 Å².